The fourth-order valence-corrected chi connectivity index (χ4v) is 1.41. The van der Waals surface area contributed by atoms with E-state index in [1.165, 1.54) is 6.92 Å². The molecule has 0 amide bonds. The van der Waals surface area contributed by atoms with Crippen LogP contribution in [0.2, 0.25) is 5.02 Å². The lowest BCUT2D eigenvalue weighted by atomic mass is 10.1. The van der Waals surface area contributed by atoms with E-state index in [0.717, 1.165) is 18.5 Å². The molecule has 3 heteroatoms. The molecule has 0 heterocycles. The summed E-state index contributed by atoms with van der Waals surface area (Å²) in [7, 11) is 1.89. The summed E-state index contributed by atoms with van der Waals surface area (Å²) < 4.78 is 0. The van der Waals surface area contributed by atoms with Crippen molar-refractivity contribution >= 4 is 17.4 Å². The molecule has 0 bridgehead atoms. The highest BCUT2D eigenvalue weighted by molar-refractivity contribution is 6.32. The van der Waals surface area contributed by atoms with Gasteiger partial charge in [-0.15, -0.1) is 0 Å². The highest BCUT2D eigenvalue weighted by atomic mass is 35.5. The second-order valence-electron chi connectivity index (χ2n) is 3.41. The SMILES string of the molecule is CNCCC#Cc1ccc(C(C)=O)cc1Cl. The molecule has 0 aliphatic heterocycles. The van der Waals surface area contributed by atoms with Crippen LogP contribution in [-0.4, -0.2) is 19.4 Å². The van der Waals surface area contributed by atoms with Gasteiger partial charge in [-0.2, -0.15) is 0 Å². The third-order valence-corrected chi connectivity index (χ3v) is 2.41. The van der Waals surface area contributed by atoms with Crippen molar-refractivity contribution in [2.45, 2.75) is 13.3 Å². The fourth-order valence-electron chi connectivity index (χ4n) is 1.18. The lowest BCUT2D eigenvalue weighted by Gasteiger charge is -1.99. The maximum Gasteiger partial charge on any atom is 0.159 e. The third-order valence-electron chi connectivity index (χ3n) is 2.10. The molecular weight excluding hydrogens is 222 g/mol. The second kappa shape index (κ2) is 6.32. The first kappa shape index (κ1) is 12.8. The first-order valence-electron chi connectivity index (χ1n) is 5.09. The van der Waals surface area contributed by atoms with Crippen molar-refractivity contribution in [1.29, 1.82) is 0 Å². The van der Waals surface area contributed by atoms with Crippen LogP contribution in [0.3, 0.4) is 0 Å². The molecule has 0 radical (unpaired) electrons. The fraction of sp³-hybridized carbons (Fsp3) is 0.308. The van der Waals surface area contributed by atoms with Crippen molar-refractivity contribution in [3.05, 3.63) is 34.3 Å². The highest BCUT2D eigenvalue weighted by Crippen LogP contribution is 2.17. The van der Waals surface area contributed by atoms with Crippen LogP contribution in [0.25, 0.3) is 0 Å². The van der Waals surface area contributed by atoms with Crippen LogP contribution >= 0.6 is 11.6 Å². The molecule has 16 heavy (non-hydrogen) atoms. The van der Waals surface area contributed by atoms with Gasteiger partial charge in [-0.1, -0.05) is 29.5 Å². The van der Waals surface area contributed by atoms with Crippen LogP contribution < -0.4 is 5.32 Å². The van der Waals surface area contributed by atoms with Crippen molar-refractivity contribution in [2.24, 2.45) is 0 Å². The maximum absolute atomic E-state index is 11.1. The van der Waals surface area contributed by atoms with Crippen LogP contribution in [0.15, 0.2) is 18.2 Å². The van der Waals surface area contributed by atoms with Crippen molar-refractivity contribution < 1.29 is 4.79 Å². The first-order valence-corrected chi connectivity index (χ1v) is 5.47. The molecule has 0 saturated carbocycles. The number of rotatable bonds is 3. The summed E-state index contributed by atoms with van der Waals surface area (Å²) in [6.45, 7) is 2.38. The molecule has 0 aromatic heterocycles. The average Bonchev–Trinajstić information content (AvgIpc) is 2.26. The summed E-state index contributed by atoms with van der Waals surface area (Å²) in [5.41, 5.74) is 1.38. The third kappa shape index (κ3) is 3.69. The van der Waals surface area contributed by atoms with Crippen molar-refractivity contribution in [2.75, 3.05) is 13.6 Å². The van der Waals surface area contributed by atoms with Crippen LogP contribution in [0, 0.1) is 11.8 Å². The van der Waals surface area contributed by atoms with E-state index in [4.69, 9.17) is 11.6 Å². The number of benzene rings is 1. The summed E-state index contributed by atoms with van der Waals surface area (Å²) in [6, 6.07) is 5.19. The van der Waals surface area contributed by atoms with E-state index in [-0.39, 0.29) is 5.78 Å². The molecule has 0 unspecified atom stereocenters. The minimum atomic E-state index is 0.0107. The summed E-state index contributed by atoms with van der Waals surface area (Å²) >= 11 is 6.02. The molecule has 1 aromatic carbocycles. The Bertz CT molecular complexity index is 443. The highest BCUT2D eigenvalue weighted by Gasteiger charge is 2.02. The molecule has 0 aliphatic rings. The minimum Gasteiger partial charge on any atom is -0.319 e. The maximum atomic E-state index is 11.1. The smallest absolute Gasteiger partial charge is 0.159 e. The van der Waals surface area contributed by atoms with E-state index < -0.39 is 0 Å². The van der Waals surface area contributed by atoms with Gasteiger partial charge in [-0.3, -0.25) is 4.79 Å². The van der Waals surface area contributed by atoms with E-state index in [0.29, 0.717) is 10.6 Å². The Labute approximate surface area is 101 Å². The molecule has 84 valence electrons. The van der Waals surface area contributed by atoms with Gasteiger partial charge in [0.25, 0.3) is 0 Å². The first-order chi connectivity index (χ1) is 7.65. The van der Waals surface area contributed by atoms with Crippen molar-refractivity contribution in [3.8, 4) is 11.8 Å². The Morgan fingerprint density at radius 2 is 2.25 bits per heavy atom. The van der Waals surface area contributed by atoms with Gasteiger partial charge >= 0.3 is 0 Å². The predicted octanol–water partition coefficient (Wildman–Crippen LogP) is 2.50. The van der Waals surface area contributed by atoms with Crippen LogP contribution in [0.5, 0.6) is 0 Å². The van der Waals surface area contributed by atoms with Crippen molar-refractivity contribution in [1.82, 2.24) is 5.32 Å². The Morgan fingerprint density at radius 3 is 2.81 bits per heavy atom. The monoisotopic (exact) mass is 235 g/mol. The number of Topliss-reactive ketones (excluding diaryl/α,β-unsaturated/α-hetero) is 1. The van der Waals surface area contributed by atoms with Gasteiger partial charge < -0.3 is 5.32 Å². The molecule has 0 aliphatic carbocycles. The Kier molecular flexibility index (Phi) is 5.04. The molecule has 0 atom stereocenters. The molecule has 0 spiro atoms. The summed E-state index contributed by atoms with van der Waals surface area (Å²) in [5.74, 6) is 6.00. The molecule has 1 aromatic rings. The summed E-state index contributed by atoms with van der Waals surface area (Å²) in [4.78, 5) is 11.1. The molecule has 2 nitrogen and oxygen atoms in total. The van der Waals surface area contributed by atoms with E-state index in [9.17, 15) is 4.79 Å². The van der Waals surface area contributed by atoms with E-state index in [1.807, 2.05) is 7.05 Å². The van der Waals surface area contributed by atoms with E-state index >= 15 is 0 Å². The molecule has 0 fully saturated rings. The lowest BCUT2D eigenvalue weighted by molar-refractivity contribution is 0.101. The minimum absolute atomic E-state index is 0.0107. The number of carbonyl (C=O) groups excluding carboxylic acids is 1. The molecule has 1 N–H and O–H groups in total. The Balaban J connectivity index is 2.81. The van der Waals surface area contributed by atoms with Crippen LogP contribution in [-0.2, 0) is 0 Å². The number of hydrogen-bond donors (Lipinski definition) is 1. The Morgan fingerprint density at radius 1 is 1.50 bits per heavy atom. The number of halogens is 1. The van der Waals surface area contributed by atoms with Crippen LogP contribution in [0.4, 0.5) is 0 Å². The molecule has 1 rings (SSSR count). The topological polar surface area (TPSA) is 29.1 Å². The normalized spacial score (nSPS) is 9.44. The molecule has 0 saturated heterocycles. The van der Waals surface area contributed by atoms with Gasteiger partial charge in [0, 0.05) is 24.1 Å². The standard InChI is InChI=1S/C13H14ClNO/c1-10(16)12-7-6-11(13(14)9-12)5-3-4-8-15-2/h6-7,9,15H,4,8H2,1-2H3. The zero-order chi connectivity index (χ0) is 12.0. The number of nitrogens with one attached hydrogen (secondary N) is 1. The van der Waals surface area contributed by atoms with Gasteiger partial charge in [0.1, 0.15) is 0 Å². The van der Waals surface area contributed by atoms with Gasteiger partial charge in [0.05, 0.1) is 5.02 Å². The van der Waals surface area contributed by atoms with E-state index in [1.54, 1.807) is 18.2 Å². The van der Waals surface area contributed by atoms with Gasteiger partial charge in [0.2, 0.25) is 0 Å². The average molecular weight is 236 g/mol. The zero-order valence-electron chi connectivity index (χ0n) is 9.43. The number of hydrogen-bond acceptors (Lipinski definition) is 2. The van der Waals surface area contributed by atoms with Gasteiger partial charge in [0.15, 0.2) is 5.78 Å². The lowest BCUT2D eigenvalue weighted by Crippen LogP contribution is -2.05. The molecular formula is C13H14ClNO. The van der Waals surface area contributed by atoms with Crippen molar-refractivity contribution in [3.63, 3.8) is 0 Å². The largest absolute Gasteiger partial charge is 0.319 e. The number of ketones is 1. The summed E-state index contributed by atoms with van der Waals surface area (Å²) in [5, 5.41) is 3.54. The zero-order valence-corrected chi connectivity index (χ0v) is 10.2. The number of carbonyl (C=O) groups is 1. The van der Waals surface area contributed by atoms with Gasteiger partial charge in [-0.05, 0) is 26.1 Å². The predicted molar refractivity (Wildman–Crippen MR) is 66.9 cm³/mol. The van der Waals surface area contributed by atoms with Crippen LogP contribution in [0.1, 0.15) is 29.3 Å². The summed E-state index contributed by atoms with van der Waals surface area (Å²) in [6.07, 6.45) is 0.779. The quantitative estimate of drug-likeness (QED) is 0.496. The Hall–Kier alpha value is -1.30. The second-order valence-corrected chi connectivity index (χ2v) is 3.81. The van der Waals surface area contributed by atoms with Gasteiger partial charge in [-0.25, -0.2) is 0 Å². The van der Waals surface area contributed by atoms with E-state index in [2.05, 4.69) is 17.2 Å².